The van der Waals surface area contributed by atoms with Gasteiger partial charge in [0.2, 0.25) is 0 Å². The zero-order valence-corrected chi connectivity index (χ0v) is 28.1. The highest BCUT2D eigenvalue weighted by Crippen LogP contribution is 2.36. The number of rotatable bonds is 9. The fourth-order valence-corrected chi connectivity index (χ4v) is 6.99. The summed E-state index contributed by atoms with van der Waals surface area (Å²) >= 11 is 15.6. The molecule has 0 unspecified atom stereocenters. The van der Waals surface area contributed by atoms with E-state index in [1.807, 2.05) is 85.1 Å². The second-order valence-corrected chi connectivity index (χ2v) is 13.0. The first-order valence-corrected chi connectivity index (χ1v) is 17.3. The Morgan fingerprint density at radius 1 is 1.00 bits per heavy atom. The number of fused-ring (bicyclic) bond motifs is 1. The smallest absolute Gasteiger partial charge is 0.338 e. The molecule has 0 saturated carbocycles. The summed E-state index contributed by atoms with van der Waals surface area (Å²) in [6.45, 7) is 2.17. The lowest BCUT2D eigenvalue weighted by Gasteiger charge is -2.26. The number of nitrogens with zero attached hydrogens (tertiary/aromatic N) is 2. The molecule has 1 atom stereocenters. The fourth-order valence-electron chi connectivity index (χ4n) is 5.22. The minimum Gasteiger partial charge on any atom is -0.488 e. The molecule has 0 fully saturated rings. The summed E-state index contributed by atoms with van der Waals surface area (Å²) in [5.41, 5.74) is 3.44. The summed E-state index contributed by atoms with van der Waals surface area (Å²) < 4.78 is 13.7. The Hall–Kier alpha value is -4.08. The van der Waals surface area contributed by atoms with Crippen LogP contribution in [0, 0.1) is 0 Å². The van der Waals surface area contributed by atoms with Crippen molar-refractivity contribution in [3.05, 3.63) is 155 Å². The molecule has 6 rings (SSSR count). The Balaban J connectivity index is 1.54. The number of thioether (sulfide) groups is 1. The Kier molecular flexibility index (Phi) is 9.80. The van der Waals surface area contributed by atoms with Gasteiger partial charge in [-0.25, -0.2) is 9.79 Å². The third-order valence-electron chi connectivity index (χ3n) is 7.40. The number of aromatic nitrogens is 1. The molecule has 232 valence electrons. The molecular formula is C36H28Cl2N2O4S2. The van der Waals surface area contributed by atoms with Gasteiger partial charge in [-0.15, -0.1) is 11.8 Å². The van der Waals surface area contributed by atoms with Crippen molar-refractivity contribution in [1.29, 1.82) is 0 Å². The number of thiazole rings is 1. The number of benzene rings is 4. The van der Waals surface area contributed by atoms with Crippen LogP contribution in [0.4, 0.5) is 0 Å². The number of carbonyl (C=O) groups is 1. The van der Waals surface area contributed by atoms with Crippen LogP contribution in [0.15, 0.2) is 117 Å². The van der Waals surface area contributed by atoms with Gasteiger partial charge in [0.1, 0.15) is 12.4 Å². The van der Waals surface area contributed by atoms with Gasteiger partial charge in [-0.2, -0.15) is 0 Å². The monoisotopic (exact) mass is 686 g/mol. The van der Waals surface area contributed by atoms with Crippen LogP contribution in [0.5, 0.6) is 5.75 Å². The Bertz CT molecular complexity index is 2120. The van der Waals surface area contributed by atoms with E-state index in [4.69, 9.17) is 37.7 Å². The molecule has 46 heavy (non-hydrogen) atoms. The van der Waals surface area contributed by atoms with Crippen molar-refractivity contribution < 1.29 is 14.3 Å². The normalized spacial score (nSPS) is 14.5. The van der Waals surface area contributed by atoms with Gasteiger partial charge in [0, 0.05) is 31.6 Å². The maximum absolute atomic E-state index is 14.3. The molecule has 6 nitrogen and oxygen atoms in total. The highest BCUT2D eigenvalue weighted by molar-refractivity contribution is 7.98. The van der Waals surface area contributed by atoms with E-state index in [0.29, 0.717) is 42.0 Å². The predicted molar refractivity (Wildman–Crippen MR) is 187 cm³/mol. The highest BCUT2D eigenvalue weighted by atomic mass is 35.5. The molecule has 2 heterocycles. The van der Waals surface area contributed by atoms with Crippen LogP contribution in [0.1, 0.15) is 35.2 Å². The molecule has 5 aromatic rings. The van der Waals surface area contributed by atoms with Gasteiger partial charge in [-0.3, -0.25) is 9.36 Å². The summed E-state index contributed by atoms with van der Waals surface area (Å²) in [7, 11) is 0. The van der Waals surface area contributed by atoms with Gasteiger partial charge in [-0.1, -0.05) is 95.2 Å². The van der Waals surface area contributed by atoms with Crippen LogP contribution in [0.3, 0.4) is 0 Å². The van der Waals surface area contributed by atoms with Crippen LogP contribution < -0.4 is 19.6 Å². The van der Waals surface area contributed by atoms with Gasteiger partial charge in [0.25, 0.3) is 5.56 Å². The maximum Gasteiger partial charge on any atom is 0.338 e. The molecule has 10 heteroatoms. The van der Waals surface area contributed by atoms with Crippen LogP contribution in [-0.2, 0) is 16.1 Å². The summed E-state index contributed by atoms with van der Waals surface area (Å²) in [6, 6.07) is 29.3. The van der Waals surface area contributed by atoms with Gasteiger partial charge in [0.05, 0.1) is 28.5 Å². The standard InChI is InChI=1S/C36H28Cl2N2O4S2/c1-3-43-35(42)31-32(22-9-5-4-6-10-22)39-36-40(33(31)23-13-16-27(45-2)17-14-23)34(41)30(46-36)20-25-19-26(37)15-18-29(25)44-21-24-11-7-8-12-28(24)38/h4-20,33H,3,21H2,1-2H3/b30-20-/t33-/m0/s1. The number of hydrogen-bond acceptors (Lipinski definition) is 7. The number of ether oxygens (including phenoxy) is 2. The van der Waals surface area contributed by atoms with E-state index >= 15 is 0 Å². The molecule has 0 saturated heterocycles. The summed E-state index contributed by atoms with van der Waals surface area (Å²) in [6.07, 6.45) is 3.75. The molecule has 0 amide bonds. The Labute approximate surface area is 284 Å². The van der Waals surface area contributed by atoms with Crippen molar-refractivity contribution in [2.24, 2.45) is 4.99 Å². The van der Waals surface area contributed by atoms with E-state index in [9.17, 15) is 9.59 Å². The molecule has 4 aromatic carbocycles. The van der Waals surface area contributed by atoms with Gasteiger partial charge in [0.15, 0.2) is 4.80 Å². The van der Waals surface area contributed by atoms with Crippen molar-refractivity contribution in [1.82, 2.24) is 4.57 Å². The zero-order valence-electron chi connectivity index (χ0n) is 24.9. The molecule has 0 spiro atoms. The van der Waals surface area contributed by atoms with E-state index < -0.39 is 12.0 Å². The first-order valence-electron chi connectivity index (χ1n) is 14.5. The van der Waals surface area contributed by atoms with E-state index in [0.717, 1.165) is 21.6 Å². The minimum atomic E-state index is -0.765. The van der Waals surface area contributed by atoms with E-state index in [1.165, 1.54) is 11.3 Å². The lowest BCUT2D eigenvalue weighted by atomic mass is 9.93. The predicted octanol–water partition coefficient (Wildman–Crippen LogP) is 7.54. The lowest BCUT2D eigenvalue weighted by molar-refractivity contribution is -0.138. The van der Waals surface area contributed by atoms with Crippen LogP contribution in [0.2, 0.25) is 10.0 Å². The first kappa shape index (κ1) is 31.9. The number of halogens is 2. The van der Waals surface area contributed by atoms with E-state index in [1.54, 1.807) is 47.5 Å². The summed E-state index contributed by atoms with van der Waals surface area (Å²) in [5, 5.41) is 1.09. The third-order valence-corrected chi connectivity index (χ3v) is 9.74. The summed E-state index contributed by atoms with van der Waals surface area (Å²) in [4.78, 5) is 34.5. The van der Waals surface area contributed by atoms with Crippen molar-refractivity contribution in [2.75, 3.05) is 12.9 Å². The van der Waals surface area contributed by atoms with Crippen molar-refractivity contribution in [3.8, 4) is 5.75 Å². The second-order valence-electron chi connectivity index (χ2n) is 10.3. The molecular weight excluding hydrogens is 659 g/mol. The fraction of sp³-hybridized carbons (Fsp3) is 0.139. The van der Waals surface area contributed by atoms with Gasteiger partial charge < -0.3 is 9.47 Å². The molecule has 0 radical (unpaired) electrons. The van der Waals surface area contributed by atoms with Crippen molar-refractivity contribution in [3.63, 3.8) is 0 Å². The molecule has 1 aliphatic heterocycles. The lowest BCUT2D eigenvalue weighted by Crippen LogP contribution is -2.40. The second kappa shape index (κ2) is 14.1. The van der Waals surface area contributed by atoms with Crippen molar-refractivity contribution >= 4 is 64.0 Å². The Morgan fingerprint density at radius 2 is 1.74 bits per heavy atom. The molecule has 0 aliphatic carbocycles. The first-order chi connectivity index (χ1) is 22.4. The quantitative estimate of drug-likeness (QED) is 0.118. The number of hydrogen-bond donors (Lipinski definition) is 0. The average Bonchev–Trinajstić information content (AvgIpc) is 3.38. The molecule has 0 bridgehead atoms. The highest BCUT2D eigenvalue weighted by Gasteiger charge is 2.35. The minimum absolute atomic E-state index is 0.179. The Morgan fingerprint density at radius 3 is 2.46 bits per heavy atom. The molecule has 1 aromatic heterocycles. The van der Waals surface area contributed by atoms with Crippen LogP contribution >= 0.6 is 46.3 Å². The van der Waals surface area contributed by atoms with Crippen LogP contribution in [0.25, 0.3) is 11.8 Å². The number of esters is 1. The van der Waals surface area contributed by atoms with E-state index in [-0.39, 0.29) is 18.8 Å². The van der Waals surface area contributed by atoms with Crippen LogP contribution in [-0.4, -0.2) is 23.4 Å². The SMILES string of the molecule is CCOC(=O)C1=C(c2ccccc2)N=c2s/c(=C\c3cc(Cl)ccc3OCc3ccccc3Cl)c(=O)n2[C@H]1c1ccc(SC)cc1. The number of carbonyl (C=O) groups excluding carboxylic acids is 1. The van der Waals surface area contributed by atoms with Gasteiger partial charge in [-0.05, 0) is 61.2 Å². The van der Waals surface area contributed by atoms with Gasteiger partial charge >= 0.3 is 5.97 Å². The van der Waals surface area contributed by atoms with Crippen molar-refractivity contribution in [2.45, 2.75) is 24.5 Å². The maximum atomic E-state index is 14.3. The largest absolute Gasteiger partial charge is 0.488 e. The average molecular weight is 688 g/mol. The molecule has 0 N–H and O–H groups in total. The summed E-state index contributed by atoms with van der Waals surface area (Å²) in [5.74, 6) is 0.0139. The third kappa shape index (κ3) is 6.57. The topological polar surface area (TPSA) is 69.9 Å². The van der Waals surface area contributed by atoms with E-state index in [2.05, 4.69) is 0 Å². The molecule has 1 aliphatic rings. The zero-order chi connectivity index (χ0) is 32.2.